The molecule has 2 heterocycles. The predicted octanol–water partition coefficient (Wildman–Crippen LogP) is 2.80. The molecular formula is C16H18N2O2S. The molecule has 1 aliphatic heterocycles. The van der Waals surface area contributed by atoms with Crippen molar-refractivity contribution in [1.29, 1.82) is 0 Å². The van der Waals surface area contributed by atoms with Crippen LogP contribution in [0.4, 0.5) is 4.79 Å². The number of ether oxygens (including phenoxy) is 1. The van der Waals surface area contributed by atoms with Crippen LogP contribution in [0.2, 0.25) is 0 Å². The van der Waals surface area contributed by atoms with Gasteiger partial charge in [0.2, 0.25) is 0 Å². The van der Waals surface area contributed by atoms with Gasteiger partial charge in [-0.2, -0.15) is 0 Å². The number of carbonyl (C=O) groups excluding carboxylic acids is 1. The van der Waals surface area contributed by atoms with Crippen molar-refractivity contribution in [3.63, 3.8) is 0 Å². The molecule has 1 atom stereocenters. The second-order valence-corrected chi connectivity index (χ2v) is 6.16. The van der Waals surface area contributed by atoms with Crippen molar-refractivity contribution in [2.75, 3.05) is 13.2 Å². The number of hydrogen-bond donors (Lipinski definition) is 2. The highest BCUT2D eigenvalue weighted by atomic mass is 32.1. The first-order valence-corrected chi connectivity index (χ1v) is 7.94. The van der Waals surface area contributed by atoms with Gasteiger partial charge in [0.25, 0.3) is 0 Å². The first-order valence-electron chi connectivity index (χ1n) is 7.06. The van der Waals surface area contributed by atoms with Crippen molar-refractivity contribution in [3.8, 4) is 5.75 Å². The fourth-order valence-corrected chi connectivity index (χ4v) is 3.05. The van der Waals surface area contributed by atoms with E-state index in [1.54, 1.807) is 11.3 Å². The van der Waals surface area contributed by atoms with Crippen molar-refractivity contribution in [3.05, 3.63) is 52.2 Å². The Balaban J connectivity index is 1.42. The average molecular weight is 302 g/mol. The molecular weight excluding hydrogens is 284 g/mol. The zero-order valence-corrected chi connectivity index (χ0v) is 12.5. The Labute approximate surface area is 128 Å². The lowest BCUT2D eigenvalue weighted by Gasteiger charge is -2.25. The summed E-state index contributed by atoms with van der Waals surface area (Å²) in [6.45, 7) is 1.86. The summed E-state index contributed by atoms with van der Waals surface area (Å²) in [7, 11) is 0. The number of amides is 2. The lowest BCUT2D eigenvalue weighted by Crippen LogP contribution is -2.40. The molecule has 0 spiro atoms. The van der Waals surface area contributed by atoms with Gasteiger partial charge in [0.15, 0.2) is 0 Å². The van der Waals surface area contributed by atoms with Crippen LogP contribution < -0.4 is 15.4 Å². The van der Waals surface area contributed by atoms with E-state index in [2.05, 4.69) is 16.7 Å². The molecule has 3 rings (SSSR count). The van der Waals surface area contributed by atoms with E-state index in [0.717, 1.165) is 17.0 Å². The van der Waals surface area contributed by atoms with Gasteiger partial charge in [-0.15, -0.1) is 11.3 Å². The van der Waals surface area contributed by atoms with Crippen LogP contribution in [0.1, 0.15) is 10.4 Å². The van der Waals surface area contributed by atoms with Crippen molar-refractivity contribution in [2.24, 2.45) is 5.92 Å². The number of carbonyl (C=O) groups is 1. The number of benzene rings is 1. The van der Waals surface area contributed by atoms with Gasteiger partial charge in [0.1, 0.15) is 5.75 Å². The van der Waals surface area contributed by atoms with Gasteiger partial charge in [-0.3, -0.25) is 0 Å². The number of para-hydroxylation sites is 1. The molecule has 110 valence electrons. The van der Waals surface area contributed by atoms with E-state index >= 15 is 0 Å². The summed E-state index contributed by atoms with van der Waals surface area (Å²) < 4.78 is 5.72. The molecule has 0 aliphatic carbocycles. The number of thiophene rings is 1. The van der Waals surface area contributed by atoms with E-state index in [1.165, 1.54) is 5.56 Å². The van der Waals surface area contributed by atoms with Crippen LogP contribution in [0, 0.1) is 5.92 Å². The third kappa shape index (κ3) is 3.76. The molecule has 0 saturated carbocycles. The Morgan fingerprint density at radius 3 is 3.00 bits per heavy atom. The molecule has 21 heavy (non-hydrogen) atoms. The highest BCUT2D eigenvalue weighted by Crippen LogP contribution is 2.26. The van der Waals surface area contributed by atoms with Crippen molar-refractivity contribution in [1.82, 2.24) is 10.6 Å². The molecule has 5 heteroatoms. The van der Waals surface area contributed by atoms with Crippen molar-refractivity contribution >= 4 is 17.4 Å². The first kappa shape index (κ1) is 13.9. The Morgan fingerprint density at radius 1 is 1.24 bits per heavy atom. The number of rotatable bonds is 4. The molecule has 0 saturated heterocycles. The summed E-state index contributed by atoms with van der Waals surface area (Å²) in [5.41, 5.74) is 1.22. The number of hydrogen-bond acceptors (Lipinski definition) is 3. The fraction of sp³-hybridized carbons (Fsp3) is 0.312. The predicted molar refractivity (Wildman–Crippen MR) is 83.7 cm³/mol. The Bertz CT molecular complexity index is 598. The standard InChI is InChI=1S/C16H18N2O2S/c19-16(18-10-14-5-3-7-21-14)17-9-12-8-13-4-1-2-6-15(13)20-11-12/h1-7,12H,8-11H2,(H2,17,18,19). The van der Waals surface area contributed by atoms with Crippen molar-refractivity contribution in [2.45, 2.75) is 13.0 Å². The zero-order chi connectivity index (χ0) is 14.5. The summed E-state index contributed by atoms with van der Waals surface area (Å²) in [5.74, 6) is 1.29. The molecule has 1 aliphatic rings. The third-order valence-electron chi connectivity index (χ3n) is 3.51. The Morgan fingerprint density at radius 2 is 2.14 bits per heavy atom. The van der Waals surface area contributed by atoms with Gasteiger partial charge >= 0.3 is 6.03 Å². The van der Waals surface area contributed by atoms with Crippen LogP contribution in [-0.2, 0) is 13.0 Å². The topological polar surface area (TPSA) is 50.4 Å². The lowest BCUT2D eigenvalue weighted by atomic mass is 9.97. The van der Waals surface area contributed by atoms with E-state index in [0.29, 0.717) is 25.6 Å². The third-order valence-corrected chi connectivity index (χ3v) is 4.39. The maximum atomic E-state index is 11.8. The monoisotopic (exact) mass is 302 g/mol. The largest absolute Gasteiger partial charge is 0.493 e. The summed E-state index contributed by atoms with van der Waals surface area (Å²) in [6.07, 6.45) is 0.946. The zero-order valence-electron chi connectivity index (χ0n) is 11.7. The summed E-state index contributed by atoms with van der Waals surface area (Å²) in [5, 5.41) is 7.79. The van der Waals surface area contributed by atoms with Crippen LogP contribution in [0.5, 0.6) is 5.75 Å². The van der Waals surface area contributed by atoms with Gasteiger partial charge < -0.3 is 15.4 Å². The maximum absolute atomic E-state index is 11.8. The quantitative estimate of drug-likeness (QED) is 0.912. The molecule has 2 amide bonds. The Hall–Kier alpha value is -2.01. The van der Waals surface area contributed by atoms with E-state index in [4.69, 9.17) is 4.74 Å². The van der Waals surface area contributed by atoms with Crippen LogP contribution in [0.3, 0.4) is 0 Å². The number of nitrogens with one attached hydrogen (secondary N) is 2. The molecule has 4 nitrogen and oxygen atoms in total. The smallest absolute Gasteiger partial charge is 0.315 e. The molecule has 0 radical (unpaired) electrons. The minimum atomic E-state index is -0.123. The van der Waals surface area contributed by atoms with E-state index in [9.17, 15) is 4.79 Å². The molecule has 1 unspecified atom stereocenters. The van der Waals surface area contributed by atoms with E-state index in [1.807, 2.05) is 35.7 Å². The lowest BCUT2D eigenvalue weighted by molar-refractivity contribution is 0.211. The average Bonchev–Trinajstić information content (AvgIpc) is 3.04. The number of fused-ring (bicyclic) bond motifs is 1. The highest BCUT2D eigenvalue weighted by molar-refractivity contribution is 7.09. The normalized spacial score (nSPS) is 16.7. The van der Waals surface area contributed by atoms with Gasteiger partial charge in [0, 0.05) is 17.3 Å². The summed E-state index contributed by atoms with van der Waals surface area (Å²) in [6, 6.07) is 11.9. The van der Waals surface area contributed by atoms with Crippen LogP contribution in [0.25, 0.3) is 0 Å². The molecule has 2 N–H and O–H groups in total. The van der Waals surface area contributed by atoms with E-state index < -0.39 is 0 Å². The molecule has 1 aromatic heterocycles. The fourth-order valence-electron chi connectivity index (χ4n) is 2.40. The van der Waals surface area contributed by atoms with Gasteiger partial charge in [-0.25, -0.2) is 4.79 Å². The molecule has 1 aromatic carbocycles. The maximum Gasteiger partial charge on any atom is 0.315 e. The van der Waals surface area contributed by atoms with E-state index in [-0.39, 0.29) is 6.03 Å². The Kier molecular flexibility index (Phi) is 4.40. The first-order chi connectivity index (χ1) is 10.3. The minimum Gasteiger partial charge on any atom is -0.493 e. The highest BCUT2D eigenvalue weighted by Gasteiger charge is 2.19. The number of urea groups is 1. The second-order valence-electron chi connectivity index (χ2n) is 5.13. The molecule has 0 bridgehead atoms. The summed E-state index contributed by atoms with van der Waals surface area (Å²) in [4.78, 5) is 12.9. The van der Waals surface area contributed by atoms with Gasteiger partial charge in [-0.1, -0.05) is 24.3 Å². The van der Waals surface area contributed by atoms with Gasteiger partial charge in [-0.05, 0) is 29.5 Å². The van der Waals surface area contributed by atoms with Crippen LogP contribution in [0.15, 0.2) is 41.8 Å². The second kappa shape index (κ2) is 6.63. The SMILES string of the molecule is O=C(NCc1cccs1)NCC1COc2ccccc2C1. The summed E-state index contributed by atoms with van der Waals surface area (Å²) >= 11 is 1.64. The molecule has 0 fully saturated rings. The molecule has 2 aromatic rings. The van der Waals surface area contributed by atoms with Crippen LogP contribution in [-0.4, -0.2) is 19.2 Å². The minimum absolute atomic E-state index is 0.123. The van der Waals surface area contributed by atoms with Crippen molar-refractivity contribution < 1.29 is 9.53 Å². The van der Waals surface area contributed by atoms with Crippen LogP contribution >= 0.6 is 11.3 Å². The van der Waals surface area contributed by atoms with Gasteiger partial charge in [0.05, 0.1) is 13.2 Å².